The number of rotatable bonds is 1. The predicted octanol–water partition coefficient (Wildman–Crippen LogP) is 2.52. The van der Waals surface area contributed by atoms with Crippen molar-refractivity contribution in [2.45, 2.75) is 12.4 Å². The summed E-state index contributed by atoms with van der Waals surface area (Å²) >= 11 is 0. The van der Waals surface area contributed by atoms with Crippen LogP contribution in [0.25, 0.3) is 0 Å². The Balaban J connectivity index is 1.95. The normalized spacial score (nSPS) is 20.4. The van der Waals surface area contributed by atoms with Gasteiger partial charge in [-0.3, -0.25) is 4.99 Å². The van der Waals surface area contributed by atoms with E-state index in [-0.39, 0.29) is 11.8 Å². The number of fused-ring (bicyclic) bond motifs is 3. The van der Waals surface area contributed by atoms with E-state index in [1.54, 1.807) is 12.3 Å². The fourth-order valence-electron chi connectivity index (χ4n) is 1.99. The zero-order chi connectivity index (χ0) is 12.8. The van der Waals surface area contributed by atoms with E-state index in [0.717, 1.165) is 11.4 Å². The number of benzene rings is 1. The Morgan fingerprint density at radius 3 is 2.89 bits per heavy atom. The number of halogens is 3. The highest BCUT2D eigenvalue weighted by atomic mass is 19.4. The van der Waals surface area contributed by atoms with Gasteiger partial charge in [-0.25, -0.2) is 0 Å². The Hall–Kier alpha value is -2.18. The van der Waals surface area contributed by atoms with Crippen LogP contribution in [0.3, 0.4) is 0 Å². The molecule has 1 aromatic rings. The van der Waals surface area contributed by atoms with Crippen molar-refractivity contribution in [3.8, 4) is 5.75 Å². The second-order valence-corrected chi connectivity index (χ2v) is 3.87. The lowest BCUT2D eigenvalue weighted by atomic mass is 10.1. The Labute approximate surface area is 100 Å². The van der Waals surface area contributed by atoms with Crippen LogP contribution in [-0.2, 0) is 0 Å². The number of nitrogens with one attached hydrogen (secondary N) is 2. The highest BCUT2D eigenvalue weighted by Crippen LogP contribution is 2.42. The minimum absolute atomic E-state index is 0.238. The van der Waals surface area contributed by atoms with Gasteiger partial charge in [-0.1, -0.05) is 0 Å². The molecule has 0 radical (unpaired) electrons. The minimum Gasteiger partial charge on any atom is -0.406 e. The molecule has 1 atom stereocenters. The van der Waals surface area contributed by atoms with E-state index < -0.39 is 6.36 Å². The smallest absolute Gasteiger partial charge is 0.406 e. The van der Waals surface area contributed by atoms with Crippen LogP contribution in [0.4, 0.5) is 18.9 Å². The third kappa shape index (κ3) is 1.87. The van der Waals surface area contributed by atoms with Gasteiger partial charge in [0.15, 0.2) is 0 Å². The number of aliphatic imine (C=N–C) groups is 1. The van der Waals surface area contributed by atoms with Gasteiger partial charge in [-0.2, -0.15) is 0 Å². The number of alkyl halides is 3. The van der Waals surface area contributed by atoms with E-state index >= 15 is 0 Å². The molecule has 3 rings (SSSR count). The maximum Gasteiger partial charge on any atom is 0.573 e. The van der Waals surface area contributed by atoms with Gasteiger partial charge in [0, 0.05) is 17.5 Å². The van der Waals surface area contributed by atoms with E-state index in [4.69, 9.17) is 0 Å². The van der Waals surface area contributed by atoms with Crippen molar-refractivity contribution in [1.82, 2.24) is 5.32 Å². The summed E-state index contributed by atoms with van der Waals surface area (Å²) in [7, 11) is 0. The molecule has 0 bridgehead atoms. The molecule has 0 aromatic heterocycles. The molecule has 4 nitrogen and oxygen atoms in total. The van der Waals surface area contributed by atoms with Gasteiger partial charge in [0.25, 0.3) is 0 Å². The van der Waals surface area contributed by atoms with Crippen LogP contribution in [0.1, 0.15) is 11.6 Å². The molecule has 2 heterocycles. The van der Waals surface area contributed by atoms with Crippen LogP contribution < -0.4 is 15.4 Å². The molecule has 0 fully saturated rings. The molecule has 0 saturated carbocycles. The zero-order valence-corrected chi connectivity index (χ0v) is 8.95. The maximum absolute atomic E-state index is 12.1. The number of nitrogens with zero attached hydrogens (tertiary/aromatic N) is 1. The van der Waals surface area contributed by atoms with Gasteiger partial charge in [-0.15, -0.1) is 13.2 Å². The largest absolute Gasteiger partial charge is 0.573 e. The second kappa shape index (κ2) is 3.66. The lowest BCUT2D eigenvalue weighted by Crippen LogP contribution is -2.17. The van der Waals surface area contributed by atoms with Crippen molar-refractivity contribution in [2.24, 2.45) is 4.99 Å². The van der Waals surface area contributed by atoms with Gasteiger partial charge in [-0.05, 0) is 18.2 Å². The molecular weight excluding hydrogens is 247 g/mol. The maximum atomic E-state index is 12.1. The molecule has 18 heavy (non-hydrogen) atoms. The third-order valence-electron chi connectivity index (χ3n) is 2.66. The SMILES string of the molecule is FC(F)(F)Oc1ccc2c(c1)C1N=CNC=C1N2. The fourth-order valence-corrected chi connectivity index (χ4v) is 1.99. The van der Waals surface area contributed by atoms with E-state index in [0.29, 0.717) is 5.56 Å². The van der Waals surface area contributed by atoms with Crippen molar-refractivity contribution in [2.75, 3.05) is 5.32 Å². The summed E-state index contributed by atoms with van der Waals surface area (Å²) in [5, 5.41) is 5.89. The number of hydrogen-bond acceptors (Lipinski definition) is 4. The highest BCUT2D eigenvalue weighted by Gasteiger charge is 2.33. The predicted molar refractivity (Wildman–Crippen MR) is 59.2 cm³/mol. The topological polar surface area (TPSA) is 45.6 Å². The number of ether oxygens (including phenoxy) is 1. The monoisotopic (exact) mass is 255 g/mol. The lowest BCUT2D eigenvalue weighted by molar-refractivity contribution is -0.274. The average Bonchev–Trinajstić information content (AvgIpc) is 2.65. The first kappa shape index (κ1) is 10.9. The Bertz CT molecular complexity index is 551. The molecule has 0 amide bonds. The standard InChI is InChI=1S/C11H8F3N3O/c12-11(13,14)18-6-1-2-8-7(3-6)10-9(17-8)4-15-5-16-10/h1-5,10,17H,(H,15,16). The molecule has 0 aliphatic carbocycles. The summed E-state index contributed by atoms with van der Waals surface area (Å²) in [6.45, 7) is 0. The van der Waals surface area contributed by atoms with Crippen molar-refractivity contribution < 1.29 is 17.9 Å². The van der Waals surface area contributed by atoms with Crippen LogP contribution in [-0.4, -0.2) is 12.7 Å². The minimum atomic E-state index is -4.68. The molecule has 0 saturated heterocycles. The molecule has 2 aliphatic heterocycles. The number of anilines is 1. The van der Waals surface area contributed by atoms with Gasteiger partial charge in [0.05, 0.1) is 12.0 Å². The fraction of sp³-hybridized carbons (Fsp3) is 0.182. The molecule has 2 N–H and O–H groups in total. The van der Waals surface area contributed by atoms with Gasteiger partial charge in [0.2, 0.25) is 0 Å². The Kier molecular flexibility index (Phi) is 2.22. The van der Waals surface area contributed by atoms with Crippen LogP contribution >= 0.6 is 0 Å². The second-order valence-electron chi connectivity index (χ2n) is 3.87. The zero-order valence-electron chi connectivity index (χ0n) is 8.95. The van der Waals surface area contributed by atoms with Gasteiger partial charge >= 0.3 is 6.36 Å². The summed E-state index contributed by atoms with van der Waals surface area (Å²) in [5.74, 6) is -0.238. The summed E-state index contributed by atoms with van der Waals surface area (Å²) in [4.78, 5) is 4.17. The first-order valence-electron chi connectivity index (χ1n) is 5.17. The van der Waals surface area contributed by atoms with Crippen molar-refractivity contribution in [3.63, 3.8) is 0 Å². The van der Waals surface area contributed by atoms with Crippen molar-refractivity contribution in [1.29, 1.82) is 0 Å². The Morgan fingerprint density at radius 1 is 1.28 bits per heavy atom. The van der Waals surface area contributed by atoms with E-state index in [1.807, 2.05) is 0 Å². The summed E-state index contributed by atoms with van der Waals surface area (Å²) in [6.07, 6.45) is -1.46. The molecule has 0 spiro atoms. The van der Waals surface area contributed by atoms with Crippen molar-refractivity contribution in [3.05, 3.63) is 35.7 Å². The molecule has 2 aliphatic rings. The van der Waals surface area contributed by atoms with Gasteiger partial charge in [0.1, 0.15) is 11.8 Å². The first-order valence-corrected chi connectivity index (χ1v) is 5.17. The van der Waals surface area contributed by atoms with Gasteiger partial charge < -0.3 is 15.4 Å². The molecule has 94 valence electrons. The number of hydrogen-bond donors (Lipinski definition) is 2. The first-order chi connectivity index (χ1) is 8.53. The van der Waals surface area contributed by atoms with Crippen LogP contribution in [0, 0.1) is 0 Å². The summed E-state index contributed by atoms with van der Waals surface area (Å²) in [6, 6.07) is 3.88. The van der Waals surface area contributed by atoms with E-state index in [1.165, 1.54) is 18.5 Å². The van der Waals surface area contributed by atoms with E-state index in [2.05, 4.69) is 20.4 Å². The molecular formula is C11H8F3N3O. The molecule has 1 unspecified atom stereocenters. The lowest BCUT2D eigenvalue weighted by Gasteiger charge is -2.12. The molecule has 7 heteroatoms. The summed E-state index contributed by atoms with van der Waals surface area (Å²) in [5.41, 5.74) is 2.21. The van der Waals surface area contributed by atoms with E-state index in [9.17, 15) is 13.2 Å². The van der Waals surface area contributed by atoms with Crippen molar-refractivity contribution >= 4 is 12.0 Å². The van der Waals surface area contributed by atoms with Crippen LogP contribution in [0.5, 0.6) is 5.75 Å². The third-order valence-corrected chi connectivity index (χ3v) is 2.66. The molecule has 1 aromatic carbocycles. The quantitative estimate of drug-likeness (QED) is 0.810. The van der Waals surface area contributed by atoms with Crippen LogP contribution in [0.2, 0.25) is 0 Å². The summed E-state index contributed by atoms with van der Waals surface area (Å²) < 4.78 is 40.3. The Morgan fingerprint density at radius 2 is 2.11 bits per heavy atom. The highest BCUT2D eigenvalue weighted by molar-refractivity contribution is 5.71. The van der Waals surface area contributed by atoms with Crippen LogP contribution in [0.15, 0.2) is 35.1 Å². The average molecular weight is 255 g/mol.